The summed E-state index contributed by atoms with van der Waals surface area (Å²) in [5.74, 6) is 0.748. The van der Waals surface area contributed by atoms with Crippen LogP contribution in [0.2, 0.25) is 5.02 Å². The van der Waals surface area contributed by atoms with E-state index in [0.717, 1.165) is 0 Å². The van der Waals surface area contributed by atoms with Gasteiger partial charge in [-0.05, 0) is 24.3 Å². The van der Waals surface area contributed by atoms with E-state index in [1.54, 1.807) is 36.4 Å². The van der Waals surface area contributed by atoms with Crippen LogP contribution in [0.3, 0.4) is 0 Å². The molecule has 0 heterocycles. The number of ether oxygens (including phenoxy) is 4. The van der Waals surface area contributed by atoms with Crippen LogP contribution >= 0.6 is 11.6 Å². The van der Waals surface area contributed by atoms with Gasteiger partial charge in [0, 0.05) is 17.7 Å². The van der Waals surface area contributed by atoms with Gasteiger partial charge >= 0.3 is 0 Å². The fourth-order valence-corrected chi connectivity index (χ4v) is 2.45. The largest absolute Gasteiger partial charge is 0.496 e. The van der Waals surface area contributed by atoms with Gasteiger partial charge in [0.25, 0.3) is 11.8 Å². The highest BCUT2D eigenvalue weighted by atomic mass is 35.5. The second-order valence-corrected chi connectivity index (χ2v) is 5.95. The summed E-state index contributed by atoms with van der Waals surface area (Å²) in [6.07, 6.45) is 2.75. The van der Waals surface area contributed by atoms with Gasteiger partial charge in [-0.2, -0.15) is 0 Å². The van der Waals surface area contributed by atoms with E-state index in [9.17, 15) is 9.59 Å². The van der Waals surface area contributed by atoms with Crippen LogP contribution in [0.4, 0.5) is 0 Å². The average Bonchev–Trinajstić information content (AvgIpc) is 2.74. The lowest BCUT2D eigenvalue weighted by Crippen LogP contribution is -2.43. The maximum Gasteiger partial charge on any atom is 0.276 e. The zero-order valence-electron chi connectivity index (χ0n) is 16.2. The van der Waals surface area contributed by atoms with E-state index in [4.69, 9.17) is 30.5 Å². The number of rotatable bonds is 8. The van der Waals surface area contributed by atoms with Crippen LogP contribution in [-0.4, -0.2) is 39.8 Å². The second kappa shape index (κ2) is 10.8. The number of carbonyl (C=O) groups is 2. The number of halogens is 1. The highest BCUT2D eigenvalue weighted by molar-refractivity contribution is 6.32. The van der Waals surface area contributed by atoms with E-state index in [1.165, 1.54) is 33.5 Å². The number of amides is 2. The third-order valence-corrected chi connectivity index (χ3v) is 3.98. The van der Waals surface area contributed by atoms with Gasteiger partial charge in [-0.25, -0.2) is 0 Å². The van der Waals surface area contributed by atoms with Crippen LogP contribution in [0.1, 0.15) is 5.56 Å². The maximum atomic E-state index is 12.0. The Kier molecular flexibility index (Phi) is 8.17. The van der Waals surface area contributed by atoms with Crippen LogP contribution in [0.15, 0.2) is 42.5 Å². The van der Waals surface area contributed by atoms with Crippen molar-refractivity contribution in [1.29, 1.82) is 0 Å². The molecule has 2 amide bonds. The Bertz CT molecular complexity index is 901. The first-order valence-electron chi connectivity index (χ1n) is 8.42. The Hall–Kier alpha value is -3.39. The van der Waals surface area contributed by atoms with Gasteiger partial charge in [0.15, 0.2) is 18.1 Å². The topological polar surface area (TPSA) is 95.1 Å². The molecule has 0 fully saturated rings. The van der Waals surface area contributed by atoms with Gasteiger partial charge in [-0.1, -0.05) is 23.7 Å². The van der Waals surface area contributed by atoms with Crippen molar-refractivity contribution in [2.45, 2.75) is 0 Å². The maximum absolute atomic E-state index is 12.0. The van der Waals surface area contributed by atoms with E-state index in [-0.39, 0.29) is 6.61 Å². The molecule has 2 N–H and O–H groups in total. The summed E-state index contributed by atoms with van der Waals surface area (Å²) in [7, 11) is 4.51. The fourth-order valence-electron chi connectivity index (χ4n) is 2.26. The summed E-state index contributed by atoms with van der Waals surface area (Å²) in [6, 6.07) is 10.1. The molecule has 0 aliphatic heterocycles. The summed E-state index contributed by atoms with van der Waals surface area (Å²) >= 11 is 5.94. The molecular formula is C20H21ClN2O6. The lowest BCUT2D eigenvalue weighted by Gasteiger charge is -2.12. The molecule has 0 unspecified atom stereocenters. The molecule has 8 nitrogen and oxygen atoms in total. The Morgan fingerprint density at radius 3 is 2.24 bits per heavy atom. The van der Waals surface area contributed by atoms with Crippen molar-refractivity contribution in [3.63, 3.8) is 0 Å². The van der Waals surface area contributed by atoms with Crippen molar-refractivity contribution in [3.05, 3.63) is 53.1 Å². The molecule has 0 saturated heterocycles. The van der Waals surface area contributed by atoms with Gasteiger partial charge in [0.2, 0.25) is 0 Å². The third-order valence-electron chi connectivity index (χ3n) is 3.67. The molecule has 0 atom stereocenters. The van der Waals surface area contributed by atoms with E-state index >= 15 is 0 Å². The molecule has 0 radical (unpaired) electrons. The summed E-state index contributed by atoms with van der Waals surface area (Å²) in [5, 5.41) is 0.385. The van der Waals surface area contributed by atoms with Crippen molar-refractivity contribution in [3.8, 4) is 23.0 Å². The normalized spacial score (nSPS) is 10.3. The van der Waals surface area contributed by atoms with Gasteiger partial charge in [0.1, 0.15) is 11.5 Å². The van der Waals surface area contributed by atoms with Gasteiger partial charge < -0.3 is 18.9 Å². The van der Waals surface area contributed by atoms with Crippen molar-refractivity contribution in [2.24, 2.45) is 0 Å². The lowest BCUT2D eigenvalue weighted by atomic mass is 10.1. The van der Waals surface area contributed by atoms with Gasteiger partial charge in [-0.3, -0.25) is 20.4 Å². The molecule has 0 aliphatic carbocycles. The van der Waals surface area contributed by atoms with Crippen molar-refractivity contribution < 1.29 is 28.5 Å². The first kappa shape index (κ1) is 21.9. The average molecular weight is 421 g/mol. The number of methoxy groups -OCH3 is 3. The Morgan fingerprint density at radius 1 is 0.931 bits per heavy atom. The predicted octanol–water partition coefficient (Wildman–Crippen LogP) is 2.61. The number of hydrogen-bond donors (Lipinski definition) is 2. The van der Waals surface area contributed by atoms with Crippen LogP contribution in [-0.2, 0) is 9.59 Å². The summed E-state index contributed by atoms with van der Waals surface area (Å²) in [4.78, 5) is 23.7. The molecule has 9 heteroatoms. The summed E-state index contributed by atoms with van der Waals surface area (Å²) < 4.78 is 21.0. The zero-order valence-corrected chi connectivity index (χ0v) is 16.9. The fraction of sp³-hybridized carbons (Fsp3) is 0.200. The smallest absolute Gasteiger partial charge is 0.276 e. The first-order chi connectivity index (χ1) is 14.0. The molecule has 0 aliphatic rings. The van der Waals surface area contributed by atoms with Crippen molar-refractivity contribution in [2.75, 3.05) is 27.9 Å². The van der Waals surface area contributed by atoms with Crippen LogP contribution in [0.5, 0.6) is 23.0 Å². The van der Waals surface area contributed by atoms with E-state index < -0.39 is 11.8 Å². The third kappa shape index (κ3) is 6.32. The molecule has 2 aromatic rings. The molecular weight excluding hydrogens is 400 g/mol. The Morgan fingerprint density at radius 2 is 1.59 bits per heavy atom. The number of nitrogens with one attached hydrogen (secondary N) is 2. The molecule has 0 saturated carbocycles. The molecule has 0 spiro atoms. The van der Waals surface area contributed by atoms with E-state index in [1.807, 2.05) is 0 Å². The van der Waals surface area contributed by atoms with Gasteiger partial charge in [0.05, 0.1) is 26.4 Å². The summed E-state index contributed by atoms with van der Waals surface area (Å²) in [6.45, 7) is -0.308. The highest BCUT2D eigenvalue weighted by Gasteiger charge is 2.11. The molecule has 0 aromatic heterocycles. The van der Waals surface area contributed by atoms with Crippen LogP contribution in [0, 0.1) is 0 Å². The minimum atomic E-state index is -0.548. The standard InChI is InChI=1S/C20H21ClN2O6/c1-26-16-11-18(28-3)17(27-2)10-13(16)8-9-19(24)22-23-20(25)12-29-15-7-5-4-6-14(15)21/h4-11H,12H2,1-3H3,(H,22,24)(H,23,25)/b9-8+. The van der Waals surface area contributed by atoms with Crippen LogP contribution in [0.25, 0.3) is 6.08 Å². The quantitative estimate of drug-likeness (QED) is 0.503. The lowest BCUT2D eigenvalue weighted by molar-refractivity contribution is -0.128. The molecule has 2 rings (SSSR count). The van der Waals surface area contributed by atoms with Crippen LogP contribution < -0.4 is 29.8 Å². The minimum absolute atomic E-state index is 0.308. The minimum Gasteiger partial charge on any atom is -0.496 e. The van der Waals surface area contributed by atoms with Gasteiger partial charge in [-0.15, -0.1) is 0 Å². The molecule has 29 heavy (non-hydrogen) atoms. The Labute approximate surface area is 173 Å². The zero-order chi connectivity index (χ0) is 21.2. The number of benzene rings is 2. The molecule has 2 aromatic carbocycles. The number of para-hydroxylation sites is 1. The molecule has 154 valence electrons. The first-order valence-corrected chi connectivity index (χ1v) is 8.80. The number of hydrogen-bond acceptors (Lipinski definition) is 6. The monoisotopic (exact) mass is 420 g/mol. The number of carbonyl (C=O) groups excluding carboxylic acids is 2. The van der Waals surface area contributed by atoms with Crippen molar-refractivity contribution in [1.82, 2.24) is 10.9 Å². The molecule has 0 bridgehead atoms. The predicted molar refractivity (Wildman–Crippen MR) is 108 cm³/mol. The van der Waals surface area contributed by atoms with E-state index in [2.05, 4.69) is 10.9 Å². The van der Waals surface area contributed by atoms with Crippen molar-refractivity contribution >= 4 is 29.5 Å². The summed E-state index contributed by atoms with van der Waals surface area (Å²) in [5.41, 5.74) is 5.09. The second-order valence-electron chi connectivity index (χ2n) is 5.54. The number of hydrazine groups is 1. The van der Waals surface area contributed by atoms with E-state index in [0.29, 0.717) is 33.6 Å². The SMILES string of the molecule is COc1cc(OC)c(OC)cc1/C=C/C(=O)NNC(=O)COc1ccccc1Cl. The highest BCUT2D eigenvalue weighted by Crippen LogP contribution is 2.35. The Balaban J connectivity index is 1.91.